The Morgan fingerprint density at radius 2 is 2.39 bits per heavy atom. The zero-order valence-corrected chi connectivity index (χ0v) is 10.7. The number of aryl methyl sites for hydroxylation is 1. The molecule has 0 aromatic carbocycles. The fourth-order valence-electron chi connectivity index (χ4n) is 2.78. The van der Waals surface area contributed by atoms with E-state index >= 15 is 0 Å². The van der Waals surface area contributed by atoms with Crippen LogP contribution in [0, 0.1) is 0 Å². The number of H-pyrrole nitrogens is 1. The minimum atomic E-state index is 0.467. The number of hydrogen-bond donors (Lipinski definition) is 1. The van der Waals surface area contributed by atoms with Gasteiger partial charge < -0.3 is 4.57 Å². The Morgan fingerprint density at radius 3 is 3.17 bits per heavy atom. The molecule has 18 heavy (non-hydrogen) atoms. The Hall–Kier alpha value is -1.62. The second-order valence-corrected chi connectivity index (χ2v) is 4.77. The Morgan fingerprint density at radius 1 is 1.44 bits per heavy atom. The zero-order valence-electron chi connectivity index (χ0n) is 10.7. The average molecular weight is 245 g/mol. The van der Waals surface area contributed by atoms with E-state index in [0.29, 0.717) is 6.04 Å². The largest absolute Gasteiger partial charge is 0.334 e. The number of nitrogens with one attached hydrogen (secondary N) is 1. The zero-order chi connectivity index (χ0) is 12.4. The lowest BCUT2D eigenvalue weighted by Crippen LogP contribution is -2.24. The third kappa shape index (κ3) is 2.06. The van der Waals surface area contributed by atoms with Gasteiger partial charge in [-0.25, -0.2) is 4.98 Å². The van der Waals surface area contributed by atoms with Crippen molar-refractivity contribution in [1.29, 1.82) is 0 Å². The number of nitrogens with zero attached hydrogens (tertiary/aromatic N) is 4. The van der Waals surface area contributed by atoms with Crippen LogP contribution in [0.2, 0.25) is 0 Å². The monoisotopic (exact) mass is 245 g/mol. The molecule has 0 bridgehead atoms. The molecule has 1 N–H and O–H groups in total. The molecule has 3 heterocycles. The average Bonchev–Trinajstić information content (AvgIpc) is 3.09. The van der Waals surface area contributed by atoms with Gasteiger partial charge in [0.2, 0.25) is 0 Å². The summed E-state index contributed by atoms with van der Waals surface area (Å²) >= 11 is 0. The molecule has 0 amide bonds. The van der Waals surface area contributed by atoms with Crippen LogP contribution in [0.3, 0.4) is 0 Å². The summed E-state index contributed by atoms with van der Waals surface area (Å²) in [5.41, 5.74) is 1.22. The Balaban J connectivity index is 1.76. The van der Waals surface area contributed by atoms with E-state index in [-0.39, 0.29) is 0 Å². The lowest BCUT2D eigenvalue weighted by molar-refractivity contribution is 0.235. The highest BCUT2D eigenvalue weighted by atomic mass is 15.2. The summed E-state index contributed by atoms with van der Waals surface area (Å²) in [6.45, 7) is 5.20. The number of imidazole rings is 1. The fraction of sp³-hybridized carbons (Fsp3) is 0.538. The van der Waals surface area contributed by atoms with Crippen molar-refractivity contribution in [2.45, 2.75) is 38.9 Å². The standard InChI is InChI=1S/C13H19N5/c1-2-17-9-7-14-13(17)10-18-8-3-4-12(18)11-5-6-15-16-11/h5-7,9,12H,2-4,8,10H2,1H3,(H,15,16)/t12-/m1/s1. The van der Waals surface area contributed by atoms with Gasteiger partial charge in [0, 0.05) is 25.1 Å². The van der Waals surface area contributed by atoms with Crippen molar-refractivity contribution in [3.63, 3.8) is 0 Å². The van der Waals surface area contributed by atoms with Gasteiger partial charge in [0.05, 0.1) is 18.3 Å². The molecular weight excluding hydrogens is 226 g/mol. The van der Waals surface area contributed by atoms with Crippen LogP contribution in [0.5, 0.6) is 0 Å². The number of aromatic amines is 1. The van der Waals surface area contributed by atoms with Crippen LogP contribution in [0.4, 0.5) is 0 Å². The van der Waals surface area contributed by atoms with Gasteiger partial charge in [0.15, 0.2) is 0 Å². The molecule has 1 aliphatic rings. The highest BCUT2D eigenvalue weighted by Gasteiger charge is 2.27. The predicted molar refractivity (Wildman–Crippen MR) is 68.9 cm³/mol. The number of aromatic nitrogens is 4. The summed E-state index contributed by atoms with van der Waals surface area (Å²) in [6, 6.07) is 2.55. The highest BCUT2D eigenvalue weighted by molar-refractivity contribution is 5.07. The van der Waals surface area contributed by atoms with E-state index in [2.05, 4.69) is 43.8 Å². The SMILES string of the molecule is CCn1ccnc1CN1CCC[C@@H]1c1ccn[nH]1. The van der Waals surface area contributed by atoms with Gasteiger partial charge in [-0.1, -0.05) is 0 Å². The van der Waals surface area contributed by atoms with Crippen molar-refractivity contribution >= 4 is 0 Å². The van der Waals surface area contributed by atoms with E-state index in [0.717, 1.165) is 25.5 Å². The predicted octanol–water partition coefficient (Wildman–Crippen LogP) is 1.96. The van der Waals surface area contributed by atoms with Crippen LogP contribution in [-0.4, -0.2) is 31.2 Å². The second kappa shape index (κ2) is 4.94. The van der Waals surface area contributed by atoms with E-state index < -0.39 is 0 Å². The number of likely N-dealkylation sites (tertiary alicyclic amines) is 1. The molecule has 0 saturated carbocycles. The molecule has 0 radical (unpaired) electrons. The van der Waals surface area contributed by atoms with E-state index in [1.165, 1.54) is 18.5 Å². The Kier molecular flexibility index (Phi) is 3.15. The summed E-state index contributed by atoms with van der Waals surface area (Å²) < 4.78 is 2.21. The molecule has 0 unspecified atom stereocenters. The molecule has 5 heteroatoms. The molecule has 2 aromatic heterocycles. The maximum atomic E-state index is 4.46. The molecule has 1 aliphatic heterocycles. The van der Waals surface area contributed by atoms with Crippen molar-refractivity contribution in [2.75, 3.05) is 6.54 Å². The first-order valence-corrected chi connectivity index (χ1v) is 6.62. The first-order valence-electron chi connectivity index (χ1n) is 6.62. The molecule has 96 valence electrons. The third-order valence-corrected chi connectivity index (χ3v) is 3.73. The first-order chi connectivity index (χ1) is 8.88. The summed E-state index contributed by atoms with van der Waals surface area (Å²) in [7, 11) is 0. The van der Waals surface area contributed by atoms with Crippen LogP contribution >= 0.6 is 0 Å². The van der Waals surface area contributed by atoms with Gasteiger partial charge in [-0.2, -0.15) is 5.10 Å². The highest BCUT2D eigenvalue weighted by Crippen LogP contribution is 2.31. The summed E-state index contributed by atoms with van der Waals surface area (Å²) in [4.78, 5) is 6.95. The topological polar surface area (TPSA) is 49.7 Å². The van der Waals surface area contributed by atoms with Gasteiger partial charge in [-0.15, -0.1) is 0 Å². The second-order valence-electron chi connectivity index (χ2n) is 4.77. The molecule has 3 rings (SSSR count). The van der Waals surface area contributed by atoms with Gasteiger partial charge >= 0.3 is 0 Å². The van der Waals surface area contributed by atoms with E-state index in [1.54, 1.807) is 0 Å². The molecule has 1 fully saturated rings. The molecule has 1 saturated heterocycles. The maximum absolute atomic E-state index is 4.46. The lowest BCUT2D eigenvalue weighted by Gasteiger charge is -2.23. The summed E-state index contributed by atoms with van der Waals surface area (Å²) in [6.07, 6.45) is 8.22. The minimum Gasteiger partial charge on any atom is -0.334 e. The lowest BCUT2D eigenvalue weighted by atomic mass is 10.1. The quantitative estimate of drug-likeness (QED) is 0.896. The van der Waals surface area contributed by atoms with Crippen molar-refractivity contribution in [3.05, 3.63) is 36.2 Å². The molecule has 0 spiro atoms. The molecule has 0 aliphatic carbocycles. The van der Waals surface area contributed by atoms with E-state index in [4.69, 9.17) is 0 Å². The van der Waals surface area contributed by atoms with Gasteiger partial charge in [0.25, 0.3) is 0 Å². The number of rotatable bonds is 4. The molecule has 5 nitrogen and oxygen atoms in total. The Bertz CT molecular complexity index is 487. The fourth-order valence-corrected chi connectivity index (χ4v) is 2.78. The van der Waals surface area contributed by atoms with E-state index in [9.17, 15) is 0 Å². The van der Waals surface area contributed by atoms with Crippen molar-refractivity contribution in [3.8, 4) is 0 Å². The first kappa shape index (κ1) is 11.5. The molecular formula is C13H19N5. The number of hydrogen-bond acceptors (Lipinski definition) is 3. The normalized spacial score (nSPS) is 20.6. The van der Waals surface area contributed by atoms with Gasteiger partial charge in [-0.05, 0) is 32.4 Å². The van der Waals surface area contributed by atoms with Crippen LogP contribution in [0.1, 0.15) is 37.3 Å². The van der Waals surface area contributed by atoms with Crippen LogP contribution in [0.15, 0.2) is 24.7 Å². The smallest absolute Gasteiger partial charge is 0.122 e. The summed E-state index contributed by atoms with van der Waals surface area (Å²) in [5, 5.41) is 7.16. The van der Waals surface area contributed by atoms with E-state index in [1.807, 2.05) is 12.4 Å². The van der Waals surface area contributed by atoms with Crippen molar-refractivity contribution in [2.24, 2.45) is 0 Å². The van der Waals surface area contributed by atoms with Crippen molar-refractivity contribution in [1.82, 2.24) is 24.6 Å². The van der Waals surface area contributed by atoms with Gasteiger partial charge in [0.1, 0.15) is 5.82 Å². The van der Waals surface area contributed by atoms with Crippen molar-refractivity contribution < 1.29 is 0 Å². The minimum absolute atomic E-state index is 0.467. The van der Waals surface area contributed by atoms with Gasteiger partial charge in [-0.3, -0.25) is 10.00 Å². The Labute approximate surface area is 107 Å². The van der Waals surface area contributed by atoms with Crippen LogP contribution in [-0.2, 0) is 13.1 Å². The maximum Gasteiger partial charge on any atom is 0.122 e. The summed E-state index contributed by atoms with van der Waals surface area (Å²) in [5.74, 6) is 1.16. The van der Waals surface area contributed by atoms with Crippen LogP contribution in [0.25, 0.3) is 0 Å². The van der Waals surface area contributed by atoms with Crippen LogP contribution < -0.4 is 0 Å². The molecule has 2 aromatic rings. The third-order valence-electron chi connectivity index (χ3n) is 3.73. The molecule has 1 atom stereocenters.